The number of nitriles is 1. The highest BCUT2D eigenvalue weighted by Gasteiger charge is 1.82. The molecule has 1 heterocycles. The van der Waals surface area contributed by atoms with Crippen LogP contribution in [0.5, 0.6) is 0 Å². The van der Waals surface area contributed by atoms with Crippen LogP contribution in [-0.4, -0.2) is 0 Å². The highest BCUT2D eigenvalue weighted by atomic mass is 32.1. The molecule has 0 aliphatic carbocycles. The lowest BCUT2D eigenvalue weighted by atomic mass is 10.5. The van der Waals surface area contributed by atoms with E-state index < -0.39 is 0 Å². The highest BCUT2D eigenvalue weighted by Crippen LogP contribution is 2.04. The maximum atomic E-state index is 8.19. The fraction of sp³-hybridized carbons (Fsp3) is 0.444. The predicted molar refractivity (Wildman–Crippen MR) is 51.7 cm³/mol. The van der Waals surface area contributed by atoms with E-state index in [1.165, 1.54) is 11.3 Å². The Bertz CT molecular complexity index is 172. The Morgan fingerprint density at radius 1 is 1.27 bits per heavy atom. The molecule has 0 N–H and O–H groups in total. The van der Waals surface area contributed by atoms with Gasteiger partial charge in [0.15, 0.2) is 0 Å². The van der Waals surface area contributed by atoms with Gasteiger partial charge in [-0.05, 0) is 11.4 Å². The standard InChI is InChI=1S/C5H3NS.2C2H6/c6-4-5-2-1-3-7-5;2*1-2/h1-3H;2*1-2H3. The minimum atomic E-state index is 0.778. The van der Waals surface area contributed by atoms with Crippen LogP contribution in [0.15, 0.2) is 17.5 Å². The Morgan fingerprint density at radius 2 is 1.82 bits per heavy atom. The summed E-state index contributed by atoms with van der Waals surface area (Å²) in [5.41, 5.74) is 0. The van der Waals surface area contributed by atoms with Gasteiger partial charge in [0.05, 0.1) is 0 Å². The molecule has 2 heteroatoms. The van der Waals surface area contributed by atoms with E-state index in [4.69, 9.17) is 5.26 Å². The third-order valence-electron chi connectivity index (χ3n) is 0.631. The number of hydrogen-bond acceptors (Lipinski definition) is 2. The molecule has 0 aromatic carbocycles. The van der Waals surface area contributed by atoms with E-state index in [0.717, 1.165) is 4.88 Å². The summed E-state index contributed by atoms with van der Waals surface area (Å²) in [5, 5.41) is 10.1. The van der Waals surface area contributed by atoms with Crippen molar-refractivity contribution in [1.82, 2.24) is 0 Å². The molecule has 11 heavy (non-hydrogen) atoms. The van der Waals surface area contributed by atoms with Crippen LogP contribution < -0.4 is 0 Å². The molecule has 0 saturated carbocycles. The van der Waals surface area contributed by atoms with Crippen LogP contribution in [-0.2, 0) is 0 Å². The van der Waals surface area contributed by atoms with Crippen molar-refractivity contribution < 1.29 is 0 Å². The summed E-state index contributed by atoms with van der Waals surface area (Å²) in [6, 6.07) is 5.69. The second kappa shape index (κ2) is 11.9. The second-order valence-electron chi connectivity index (χ2n) is 1.09. The van der Waals surface area contributed by atoms with Crippen LogP contribution in [0.25, 0.3) is 0 Å². The molecule has 0 fully saturated rings. The van der Waals surface area contributed by atoms with Crippen molar-refractivity contribution in [3.63, 3.8) is 0 Å². The van der Waals surface area contributed by atoms with Crippen LogP contribution >= 0.6 is 11.3 Å². The average Bonchev–Trinajstić information content (AvgIpc) is 2.63. The average molecular weight is 169 g/mol. The van der Waals surface area contributed by atoms with Gasteiger partial charge in [-0.2, -0.15) is 5.26 Å². The first-order valence-corrected chi connectivity index (χ1v) is 4.75. The van der Waals surface area contributed by atoms with E-state index in [1.807, 2.05) is 45.2 Å². The van der Waals surface area contributed by atoms with Crippen LogP contribution in [0.3, 0.4) is 0 Å². The van der Waals surface area contributed by atoms with Crippen molar-refractivity contribution in [1.29, 1.82) is 5.26 Å². The first-order valence-electron chi connectivity index (χ1n) is 3.87. The monoisotopic (exact) mass is 169 g/mol. The first-order chi connectivity index (χ1) is 5.43. The van der Waals surface area contributed by atoms with Gasteiger partial charge in [0.2, 0.25) is 0 Å². The molecule has 0 saturated heterocycles. The van der Waals surface area contributed by atoms with Crippen LogP contribution in [0.1, 0.15) is 32.6 Å². The van der Waals surface area contributed by atoms with E-state index in [9.17, 15) is 0 Å². The SMILES string of the molecule is CC.CC.N#Cc1cccs1. The normalized spacial score (nSPS) is 6.09. The number of hydrogen-bond donors (Lipinski definition) is 0. The number of thiophene rings is 1. The Labute approximate surface area is 73.3 Å². The molecule has 0 aliphatic rings. The third-order valence-corrected chi connectivity index (χ3v) is 1.41. The summed E-state index contributed by atoms with van der Waals surface area (Å²) >= 11 is 1.46. The molecule has 0 amide bonds. The van der Waals surface area contributed by atoms with E-state index in [0.29, 0.717) is 0 Å². The molecule has 1 aromatic heterocycles. The fourth-order valence-electron chi connectivity index (χ4n) is 0.342. The highest BCUT2D eigenvalue weighted by molar-refractivity contribution is 7.10. The lowest BCUT2D eigenvalue weighted by Crippen LogP contribution is -1.50. The zero-order chi connectivity index (χ0) is 9.11. The summed E-state index contributed by atoms with van der Waals surface area (Å²) in [6.45, 7) is 8.00. The fourth-order valence-corrected chi connectivity index (χ4v) is 0.856. The topological polar surface area (TPSA) is 23.8 Å². The molecule has 0 unspecified atom stereocenters. The molecule has 0 aliphatic heterocycles. The molecular formula is C9H15NS. The molecule has 0 spiro atoms. The van der Waals surface area contributed by atoms with Crippen LogP contribution in [0.2, 0.25) is 0 Å². The minimum absolute atomic E-state index is 0.778. The zero-order valence-corrected chi connectivity index (χ0v) is 8.40. The van der Waals surface area contributed by atoms with Crippen molar-refractivity contribution >= 4 is 11.3 Å². The Kier molecular flexibility index (Phi) is 13.9. The minimum Gasteiger partial charge on any atom is -0.192 e. The van der Waals surface area contributed by atoms with Gasteiger partial charge in [0.25, 0.3) is 0 Å². The van der Waals surface area contributed by atoms with Crippen molar-refractivity contribution in [3.8, 4) is 6.07 Å². The zero-order valence-electron chi connectivity index (χ0n) is 7.59. The van der Waals surface area contributed by atoms with Gasteiger partial charge in [-0.1, -0.05) is 33.8 Å². The van der Waals surface area contributed by atoms with Gasteiger partial charge in [-0.3, -0.25) is 0 Å². The van der Waals surface area contributed by atoms with Gasteiger partial charge < -0.3 is 0 Å². The quantitative estimate of drug-likeness (QED) is 0.581. The summed E-state index contributed by atoms with van der Waals surface area (Å²) in [6.07, 6.45) is 0. The largest absolute Gasteiger partial charge is 0.192 e. The number of nitrogens with zero attached hydrogens (tertiary/aromatic N) is 1. The lowest BCUT2D eigenvalue weighted by Gasteiger charge is -1.62. The van der Waals surface area contributed by atoms with Gasteiger partial charge in [0, 0.05) is 0 Å². The van der Waals surface area contributed by atoms with Gasteiger partial charge in [-0.25, -0.2) is 0 Å². The molecule has 1 rings (SSSR count). The summed E-state index contributed by atoms with van der Waals surface area (Å²) in [7, 11) is 0. The first kappa shape index (κ1) is 12.8. The smallest absolute Gasteiger partial charge is 0.110 e. The molecule has 62 valence electrons. The molecule has 0 atom stereocenters. The maximum absolute atomic E-state index is 8.19. The van der Waals surface area contributed by atoms with E-state index in [2.05, 4.69) is 0 Å². The molecule has 1 aromatic rings. The van der Waals surface area contributed by atoms with Crippen molar-refractivity contribution in [3.05, 3.63) is 22.4 Å². The molecule has 1 nitrogen and oxygen atoms in total. The van der Waals surface area contributed by atoms with Gasteiger partial charge in [-0.15, -0.1) is 11.3 Å². The Hall–Kier alpha value is -0.810. The van der Waals surface area contributed by atoms with Gasteiger partial charge in [0.1, 0.15) is 10.9 Å². The van der Waals surface area contributed by atoms with Crippen molar-refractivity contribution in [2.45, 2.75) is 27.7 Å². The van der Waals surface area contributed by atoms with E-state index in [1.54, 1.807) is 6.07 Å². The molecule has 0 bridgehead atoms. The van der Waals surface area contributed by atoms with Crippen molar-refractivity contribution in [2.24, 2.45) is 0 Å². The third kappa shape index (κ3) is 7.08. The second-order valence-corrected chi connectivity index (χ2v) is 2.04. The Morgan fingerprint density at radius 3 is 2.00 bits per heavy atom. The van der Waals surface area contributed by atoms with Crippen LogP contribution in [0.4, 0.5) is 0 Å². The predicted octanol–water partition coefficient (Wildman–Crippen LogP) is 3.67. The number of rotatable bonds is 0. The molecule has 0 radical (unpaired) electrons. The van der Waals surface area contributed by atoms with Gasteiger partial charge >= 0.3 is 0 Å². The van der Waals surface area contributed by atoms with Crippen molar-refractivity contribution in [2.75, 3.05) is 0 Å². The summed E-state index contributed by atoms with van der Waals surface area (Å²) < 4.78 is 0. The molecular weight excluding hydrogens is 154 g/mol. The summed E-state index contributed by atoms with van der Waals surface area (Å²) in [5.74, 6) is 0. The lowest BCUT2D eigenvalue weighted by molar-refractivity contribution is 1.50. The van der Waals surface area contributed by atoms with Crippen LogP contribution in [0, 0.1) is 11.3 Å². The maximum Gasteiger partial charge on any atom is 0.110 e. The van der Waals surface area contributed by atoms with E-state index >= 15 is 0 Å². The van der Waals surface area contributed by atoms with E-state index in [-0.39, 0.29) is 0 Å². The Balaban J connectivity index is 0. The summed E-state index contributed by atoms with van der Waals surface area (Å²) in [4.78, 5) is 0.778.